The second-order valence-electron chi connectivity index (χ2n) is 6.35. The highest BCUT2D eigenvalue weighted by Gasteiger charge is 2.30. The number of pyridine rings is 1. The van der Waals surface area contributed by atoms with E-state index in [0.717, 1.165) is 30.3 Å². The summed E-state index contributed by atoms with van der Waals surface area (Å²) >= 11 is 0. The molecule has 3 N–H and O–H groups in total. The van der Waals surface area contributed by atoms with Gasteiger partial charge in [0.1, 0.15) is 23.0 Å². The summed E-state index contributed by atoms with van der Waals surface area (Å²) in [5, 5.41) is 6.99. The molecule has 7 nitrogen and oxygen atoms in total. The Bertz CT molecular complexity index is 1130. The Kier molecular flexibility index (Phi) is 6.57. The van der Waals surface area contributed by atoms with Crippen LogP contribution in [0.2, 0.25) is 0 Å². The topological polar surface area (TPSA) is 92.4 Å². The fraction of sp³-hybridized carbons (Fsp3) is 0.0952. The van der Waals surface area contributed by atoms with Crippen molar-refractivity contribution in [3.63, 3.8) is 0 Å². The molecular weight excluding hydrogens is 432 g/mol. The number of nitrogens with one attached hydrogen (secondary N) is 3. The van der Waals surface area contributed by atoms with E-state index in [0.29, 0.717) is 0 Å². The summed E-state index contributed by atoms with van der Waals surface area (Å²) in [5.41, 5.74) is -0.826. The lowest BCUT2D eigenvalue weighted by molar-refractivity contribution is -0.137. The average molecular weight is 448 g/mol. The van der Waals surface area contributed by atoms with Crippen molar-refractivity contribution in [2.45, 2.75) is 6.18 Å². The average Bonchev–Trinajstić information content (AvgIpc) is 2.75. The van der Waals surface area contributed by atoms with Crippen molar-refractivity contribution < 1.29 is 31.9 Å². The molecule has 0 atom stereocenters. The maximum atomic E-state index is 14.4. The minimum Gasteiger partial charge on any atom is -0.457 e. The number of ether oxygens (including phenoxy) is 1. The van der Waals surface area contributed by atoms with Gasteiger partial charge in [0.25, 0.3) is 5.91 Å². The van der Waals surface area contributed by atoms with Crippen molar-refractivity contribution in [3.8, 4) is 11.5 Å². The van der Waals surface area contributed by atoms with E-state index >= 15 is 0 Å². The molecule has 0 saturated carbocycles. The van der Waals surface area contributed by atoms with Gasteiger partial charge in [0.2, 0.25) is 0 Å². The van der Waals surface area contributed by atoms with Gasteiger partial charge in [0.05, 0.1) is 11.3 Å². The van der Waals surface area contributed by atoms with Crippen LogP contribution in [0.15, 0.2) is 60.8 Å². The molecule has 11 heteroatoms. The largest absolute Gasteiger partial charge is 0.457 e. The lowest BCUT2D eigenvalue weighted by Crippen LogP contribution is -2.20. The number of aromatic nitrogens is 1. The molecule has 2 aromatic carbocycles. The number of rotatable bonds is 5. The Morgan fingerprint density at radius 2 is 1.62 bits per heavy atom. The molecule has 3 amide bonds. The molecular formula is C21H16F4N4O3. The van der Waals surface area contributed by atoms with E-state index in [4.69, 9.17) is 4.74 Å². The molecule has 1 aromatic heterocycles. The summed E-state index contributed by atoms with van der Waals surface area (Å²) in [6.45, 7) is 0. The number of amides is 3. The molecule has 0 fully saturated rings. The molecule has 32 heavy (non-hydrogen) atoms. The second-order valence-corrected chi connectivity index (χ2v) is 6.35. The molecule has 166 valence electrons. The smallest absolute Gasteiger partial charge is 0.416 e. The zero-order valence-corrected chi connectivity index (χ0v) is 16.5. The van der Waals surface area contributed by atoms with Gasteiger partial charge >= 0.3 is 12.2 Å². The lowest BCUT2D eigenvalue weighted by Gasteiger charge is -2.11. The van der Waals surface area contributed by atoms with E-state index in [2.05, 4.69) is 20.9 Å². The quantitative estimate of drug-likeness (QED) is 0.477. The van der Waals surface area contributed by atoms with Gasteiger partial charge in [0, 0.05) is 31.1 Å². The summed E-state index contributed by atoms with van der Waals surface area (Å²) in [6.07, 6.45) is -3.13. The van der Waals surface area contributed by atoms with Gasteiger partial charge in [-0.1, -0.05) is 0 Å². The maximum absolute atomic E-state index is 14.4. The third-order valence-corrected chi connectivity index (χ3v) is 4.09. The van der Waals surface area contributed by atoms with Crippen LogP contribution in [-0.2, 0) is 6.18 Å². The third kappa shape index (κ3) is 5.72. The molecule has 0 saturated heterocycles. The van der Waals surface area contributed by atoms with E-state index in [1.807, 2.05) is 0 Å². The Balaban J connectivity index is 1.64. The Hall–Kier alpha value is -4.15. The van der Waals surface area contributed by atoms with Crippen molar-refractivity contribution in [1.82, 2.24) is 10.3 Å². The van der Waals surface area contributed by atoms with Gasteiger partial charge in [-0.25, -0.2) is 9.18 Å². The first kappa shape index (κ1) is 22.5. The highest BCUT2D eigenvalue weighted by atomic mass is 19.4. The van der Waals surface area contributed by atoms with Crippen LogP contribution < -0.4 is 20.7 Å². The second kappa shape index (κ2) is 9.33. The van der Waals surface area contributed by atoms with Crippen LogP contribution in [0, 0.1) is 5.82 Å². The molecule has 0 aliphatic carbocycles. The van der Waals surface area contributed by atoms with Crippen molar-refractivity contribution >= 4 is 23.3 Å². The predicted molar refractivity (Wildman–Crippen MR) is 108 cm³/mol. The Labute approximate surface area is 179 Å². The fourth-order valence-electron chi connectivity index (χ4n) is 2.55. The zero-order chi connectivity index (χ0) is 23.3. The van der Waals surface area contributed by atoms with Gasteiger partial charge < -0.3 is 20.7 Å². The first-order valence-electron chi connectivity index (χ1n) is 9.06. The van der Waals surface area contributed by atoms with E-state index in [9.17, 15) is 27.2 Å². The van der Waals surface area contributed by atoms with Crippen LogP contribution in [0.5, 0.6) is 11.5 Å². The number of anilines is 2. The van der Waals surface area contributed by atoms with Gasteiger partial charge in [0.15, 0.2) is 0 Å². The van der Waals surface area contributed by atoms with Crippen LogP contribution in [0.4, 0.5) is 33.7 Å². The molecule has 0 radical (unpaired) electrons. The number of halogens is 4. The maximum Gasteiger partial charge on any atom is 0.416 e. The van der Waals surface area contributed by atoms with Gasteiger partial charge in [-0.05, 0) is 42.5 Å². The summed E-state index contributed by atoms with van der Waals surface area (Å²) in [6, 6.07) is 9.46. The summed E-state index contributed by atoms with van der Waals surface area (Å²) < 4.78 is 57.6. The van der Waals surface area contributed by atoms with E-state index < -0.39 is 29.5 Å². The number of carbonyl (C=O) groups excluding carboxylic acids is 2. The molecule has 0 spiro atoms. The standard InChI is InChI=1S/C21H16F4N4O3/c1-26-19(30)18-11-15(8-9-27-18)32-14-6-7-17(16(22)10-14)29-20(31)28-13-4-2-12(3-5-13)21(23,24)25/h2-11H,1H3,(H,26,30)(H2,28,29,31). The Morgan fingerprint density at radius 1 is 0.938 bits per heavy atom. The predicted octanol–water partition coefficient (Wildman–Crippen LogP) is 5.04. The number of hydrogen-bond acceptors (Lipinski definition) is 4. The Morgan fingerprint density at radius 3 is 2.25 bits per heavy atom. The van der Waals surface area contributed by atoms with Crippen LogP contribution in [0.3, 0.4) is 0 Å². The van der Waals surface area contributed by atoms with E-state index in [-0.39, 0.29) is 28.6 Å². The third-order valence-electron chi connectivity index (χ3n) is 4.09. The minimum atomic E-state index is -4.49. The van der Waals surface area contributed by atoms with Gasteiger partial charge in [-0.2, -0.15) is 13.2 Å². The highest BCUT2D eigenvalue weighted by molar-refractivity contribution is 5.99. The summed E-state index contributed by atoms with van der Waals surface area (Å²) in [7, 11) is 1.45. The van der Waals surface area contributed by atoms with Gasteiger partial charge in [-0.15, -0.1) is 0 Å². The highest BCUT2D eigenvalue weighted by Crippen LogP contribution is 2.30. The number of hydrogen-bond donors (Lipinski definition) is 3. The number of benzene rings is 2. The first-order valence-corrected chi connectivity index (χ1v) is 9.06. The van der Waals surface area contributed by atoms with E-state index in [1.165, 1.54) is 37.5 Å². The molecule has 0 unspecified atom stereocenters. The molecule has 0 bridgehead atoms. The molecule has 3 aromatic rings. The molecule has 3 rings (SSSR count). The molecule has 0 aliphatic heterocycles. The first-order chi connectivity index (χ1) is 15.2. The van der Waals surface area contributed by atoms with Crippen LogP contribution in [0.1, 0.15) is 16.1 Å². The SMILES string of the molecule is CNC(=O)c1cc(Oc2ccc(NC(=O)Nc3ccc(C(F)(F)F)cc3)c(F)c2)ccn1. The van der Waals surface area contributed by atoms with E-state index in [1.54, 1.807) is 0 Å². The molecule has 0 aliphatic rings. The van der Waals surface area contributed by atoms with Gasteiger partial charge in [-0.3, -0.25) is 9.78 Å². The number of alkyl halides is 3. The zero-order valence-electron chi connectivity index (χ0n) is 16.5. The van der Waals surface area contributed by atoms with Crippen molar-refractivity contribution in [3.05, 3.63) is 77.9 Å². The summed E-state index contributed by atoms with van der Waals surface area (Å²) in [4.78, 5) is 27.6. The van der Waals surface area contributed by atoms with Crippen LogP contribution >= 0.6 is 0 Å². The minimum absolute atomic E-state index is 0.0977. The van der Waals surface area contributed by atoms with Crippen molar-refractivity contribution in [1.29, 1.82) is 0 Å². The summed E-state index contributed by atoms with van der Waals surface area (Å²) in [5.74, 6) is -0.880. The van der Waals surface area contributed by atoms with Crippen molar-refractivity contribution in [2.24, 2.45) is 0 Å². The normalized spacial score (nSPS) is 10.9. The van der Waals surface area contributed by atoms with Crippen molar-refractivity contribution in [2.75, 3.05) is 17.7 Å². The van der Waals surface area contributed by atoms with Crippen LogP contribution in [-0.4, -0.2) is 24.0 Å². The number of nitrogens with zero attached hydrogens (tertiary/aromatic N) is 1. The number of urea groups is 1. The number of carbonyl (C=O) groups is 2. The van der Waals surface area contributed by atoms with Crippen LogP contribution in [0.25, 0.3) is 0 Å². The molecule has 1 heterocycles. The lowest BCUT2D eigenvalue weighted by atomic mass is 10.2. The monoisotopic (exact) mass is 448 g/mol. The fourth-order valence-corrected chi connectivity index (χ4v) is 2.55.